The van der Waals surface area contributed by atoms with E-state index < -0.39 is 0 Å². The topological polar surface area (TPSA) is 106 Å². The molecule has 2 N–H and O–H groups in total. The third-order valence-corrected chi connectivity index (χ3v) is 7.66. The lowest BCUT2D eigenvalue weighted by molar-refractivity contribution is -0.129. The van der Waals surface area contributed by atoms with Gasteiger partial charge in [-0.2, -0.15) is 9.97 Å². The van der Waals surface area contributed by atoms with Crippen molar-refractivity contribution in [1.82, 2.24) is 19.8 Å². The van der Waals surface area contributed by atoms with Crippen molar-refractivity contribution in [2.45, 2.75) is 25.4 Å². The summed E-state index contributed by atoms with van der Waals surface area (Å²) in [7, 11) is 3.98. The maximum atomic E-state index is 12.5. The average Bonchev–Trinajstić information content (AvgIpc) is 2.95. The minimum atomic E-state index is -0.147. The largest absolute Gasteiger partial charge is 0.508 e. The third-order valence-electron chi connectivity index (χ3n) is 7.66. The maximum absolute atomic E-state index is 12.5. The summed E-state index contributed by atoms with van der Waals surface area (Å²) in [6.45, 7) is 7.82. The Kier molecular flexibility index (Phi) is 8.37. The molecule has 40 heavy (non-hydrogen) atoms. The minimum Gasteiger partial charge on any atom is -0.508 e. The van der Waals surface area contributed by atoms with E-state index in [1.165, 1.54) is 6.08 Å². The number of carbonyl (C=O) groups excluding carboxylic acids is 1. The summed E-state index contributed by atoms with van der Waals surface area (Å²) in [5.41, 5.74) is 2.94. The summed E-state index contributed by atoms with van der Waals surface area (Å²) in [6, 6.07) is 11.9. The fourth-order valence-corrected chi connectivity index (χ4v) is 5.63. The Labute approximate surface area is 235 Å². The van der Waals surface area contributed by atoms with Crippen LogP contribution in [0.4, 0.5) is 11.5 Å². The van der Waals surface area contributed by atoms with Gasteiger partial charge in [0.2, 0.25) is 5.91 Å². The van der Waals surface area contributed by atoms with Crippen LogP contribution in [0, 0.1) is 0 Å². The highest BCUT2D eigenvalue weighted by atomic mass is 16.5. The highest BCUT2D eigenvalue weighted by Crippen LogP contribution is 2.36. The molecule has 0 spiro atoms. The van der Waals surface area contributed by atoms with Gasteiger partial charge in [0.05, 0.1) is 18.3 Å². The van der Waals surface area contributed by atoms with Gasteiger partial charge in [-0.05, 0) is 44.5 Å². The zero-order chi connectivity index (χ0) is 28.2. The van der Waals surface area contributed by atoms with Gasteiger partial charge in [-0.25, -0.2) is 0 Å². The number of aliphatic hydroxyl groups excluding tert-OH is 1. The average molecular weight is 547 g/mol. The molecule has 0 aliphatic carbocycles. The molecule has 2 aromatic carbocycles. The number of anilines is 2. The molecule has 2 aliphatic heterocycles. The number of piperazine rings is 1. The van der Waals surface area contributed by atoms with E-state index in [0.29, 0.717) is 45.2 Å². The van der Waals surface area contributed by atoms with Crippen molar-refractivity contribution >= 4 is 28.2 Å². The van der Waals surface area contributed by atoms with Gasteiger partial charge in [-0.15, -0.1) is 0 Å². The Morgan fingerprint density at radius 3 is 2.77 bits per heavy atom. The second-order valence-corrected chi connectivity index (χ2v) is 10.6. The van der Waals surface area contributed by atoms with Gasteiger partial charge in [0.1, 0.15) is 18.2 Å². The van der Waals surface area contributed by atoms with Crippen LogP contribution in [0.25, 0.3) is 10.8 Å². The second kappa shape index (κ2) is 12.1. The number of carbonyl (C=O) groups is 1. The standard InChI is InChI=1S/C30H38N6O4/c1-4-28(39)36-13-12-35(19-22(36)10-15-37)29-25-9-11-34(20-26(25)31-30(32-29)40-16-14-33(2)3)27-18-23(38)17-21-7-5-6-8-24(21)27/h4-8,17-18,22,37-38H,1,9-16,19-20H2,2-3H3. The molecule has 1 amide bonds. The number of aromatic hydroxyl groups is 1. The first kappa shape index (κ1) is 27.7. The number of likely N-dealkylation sites (N-methyl/N-ethyl adjacent to an activating group) is 1. The molecule has 1 saturated heterocycles. The first-order valence-electron chi connectivity index (χ1n) is 13.8. The zero-order valence-electron chi connectivity index (χ0n) is 23.3. The van der Waals surface area contributed by atoms with Gasteiger partial charge in [0, 0.05) is 62.0 Å². The molecule has 1 atom stereocenters. The molecule has 5 rings (SSSR count). The molecule has 1 aromatic heterocycles. The molecule has 0 radical (unpaired) electrons. The number of rotatable bonds is 9. The molecule has 10 heteroatoms. The monoisotopic (exact) mass is 546 g/mol. The Hall–Kier alpha value is -3.89. The molecular weight excluding hydrogens is 508 g/mol. The first-order chi connectivity index (χ1) is 19.4. The van der Waals surface area contributed by atoms with Crippen LogP contribution >= 0.6 is 0 Å². The molecule has 212 valence electrons. The number of aliphatic hydroxyl groups is 1. The Morgan fingerprint density at radius 2 is 2.00 bits per heavy atom. The number of benzene rings is 2. The fraction of sp³-hybridized carbons (Fsp3) is 0.433. The predicted octanol–water partition coefficient (Wildman–Crippen LogP) is 2.42. The van der Waals surface area contributed by atoms with Crippen LogP contribution in [0.5, 0.6) is 11.8 Å². The van der Waals surface area contributed by atoms with Crippen LogP contribution in [0.1, 0.15) is 17.7 Å². The number of hydrogen-bond donors (Lipinski definition) is 2. The number of nitrogens with zero attached hydrogens (tertiary/aromatic N) is 6. The van der Waals surface area contributed by atoms with E-state index in [-0.39, 0.29) is 24.3 Å². The zero-order valence-corrected chi connectivity index (χ0v) is 23.3. The van der Waals surface area contributed by atoms with Gasteiger partial charge in [0.15, 0.2) is 0 Å². The number of hydrogen-bond acceptors (Lipinski definition) is 9. The van der Waals surface area contributed by atoms with Crippen molar-refractivity contribution in [3.63, 3.8) is 0 Å². The smallest absolute Gasteiger partial charge is 0.318 e. The number of phenolic OH excluding ortho intramolecular Hbond substituents is 1. The first-order valence-corrected chi connectivity index (χ1v) is 13.8. The van der Waals surface area contributed by atoms with Crippen LogP contribution in [-0.4, -0.2) is 102 Å². The molecule has 0 saturated carbocycles. The van der Waals surface area contributed by atoms with E-state index in [4.69, 9.17) is 14.7 Å². The van der Waals surface area contributed by atoms with E-state index in [9.17, 15) is 15.0 Å². The number of ether oxygens (including phenoxy) is 1. The molecule has 2 aliphatic rings. The maximum Gasteiger partial charge on any atom is 0.318 e. The van der Waals surface area contributed by atoms with Crippen LogP contribution in [0.15, 0.2) is 49.1 Å². The van der Waals surface area contributed by atoms with E-state index in [2.05, 4.69) is 22.4 Å². The van der Waals surface area contributed by atoms with E-state index in [1.54, 1.807) is 11.0 Å². The normalized spacial score (nSPS) is 17.3. The number of phenols is 1. The fourth-order valence-electron chi connectivity index (χ4n) is 5.63. The predicted molar refractivity (Wildman–Crippen MR) is 156 cm³/mol. The van der Waals surface area contributed by atoms with Crippen molar-refractivity contribution in [1.29, 1.82) is 0 Å². The van der Waals surface area contributed by atoms with Gasteiger partial charge >= 0.3 is 6.01 Å². The van der Waals surface area contributed by atoms with Gasteiger partial charge in [0.25, 0.3) is 0 Å². The lowest BCUT2D eigenvalue weighted by Gasteiger charge is -2.42. The summed E-state index contributed by atoms with van der Waals surface area (Å²) in [6.07, 6.45) is 2.54. The summed E-state index contributed by atoms with van der Waals surface area (Å²) in [5.74, 6) is 0.945. The molecule has 10 nitrogen and oxygen atoms in total. The SMILES string of the molecule is C=CC(=O)N1CCN(c2nc(OCCN(C)C)nc3c2CCN(c2cc(O)cc4ccccc24)C3)CC1CCO. The molecular formula is C30H38N6O4. The quantitative estimate of drug-likeness (QED) is 0.392. The lowest BCUT2D eigenvalue weighted by atomic mass is 10.0. The van der Waals surface area contributed by atoms with Gasteiger partial charge < -0.3 is 34.5 Å². The highest BCUT2D eigenvalue weighted by molar-refractivity contribution is 5.95. The van der Waals surface area contributed by atoms with Crippen LogP contribution < -0.4 is 14.5 Å². The van der Waals surface area contributed by atoms with Crippen LogP contribution in [0.2, 0.25) is 0 Å². The minimum absolute atomic E-state index is 0.00690. The number of fused-ring (bicyclic) bond motifs is 2. The molecule has 1 fully saturated rings. The van der Waals surface area contributed by atoms with Gasteiger partial charge in [-0.3, -0.25) is 4.79 Å². The molecule has 3 aromatic rings. The van der Waals surface area contributed by atoms with Crippen molar-refractivity contribution in [2.24, 2.45) is 0 Å². The molecule has 3 heterocycles. The Bertz CT molecular complexity index is 1380. The summed E-state index contributed by atoms with van der Waals surface area (Å²) >= 11 is 0. The summed E-state index contributed by atoms with van der Waals surface area (Å²) in [4.78, 5) is 30.5. The van der Waals surface area contributed by atoms with Crippen molar-refractivity contribution in [3.8, 4) is 11.8 Å². The Balaban J connectivity index is 1.49. The van der Waals surface area contributed by atoms with Gasteiger partial charge in [-0.1, -0.05) is 30.8 Å². The van der Waals surface area contributed by atoms with Crippen molar-refractivity contribution < 1.29 is 19.7 Å². The van der Waals surface area contributed by atoms with Crippen LogP contribution in [-0.2, 0) is 17.8 Å². The van der Waals surface area contributed by atoms with E-state index >= 15 is 0 Å². The summed E-state index contributed by atoms with van der Waals surface area (Å²) in [5, 5.41) is 22.2. The number of amides is 1. The van der Waals surface area contributed by atoms with Crippen LogP contribution in [0.3, 0.4) is 0 Å². The molecule has 1 unspecified atom stereocenters. The van der Waals surface area contributed by atoms with E-state index in [0.717, 1.165) is 53.0 Å². The lowest BCUT2D eigenvalue weighted by Crippen LogP contribution is -2.55. The Morgan fingerprint density at radius 1 is 1.18 bits per heavy atom. The van der Waals surface area contributed by atoms with Crippen molar-refractivity contribution in [3.05, 3.63) is 60.3 Å². The number of aromatic nitrogens is 2. The third kappa shape index (κ3) is 5.83. The molecule has 0 bridgehead atoms. The summed E-state index contributed by atoms with van der Waals surface area (Å²) < 4.78 is 6.03. The van der Waals surface area contributed by atoms with E-state index in [1.807, 2.05) is 43.3 Å². The second-order valence-electron chi connectivity index (χ2n) is 10.6. The highest BCUT2D eigenvalue weighted by Gasteiger charge is 2.33. The van der Waals surface area contributed by atoms with Crippen molar-refractivity contribution in [2.75, 3.05) is 69.8 Å².